The lowest BCUT2D eigenvalue weighted by molar-refractivity contribution is 0.292. The summed E-state index contributed by atoms with van der Waals surface area (Å²) in [6, 6.07) is 9.67. The number of benzene rings is 1. The fourth-order valence-corrected chi connectivity index (χ4v) is 3.45. The van der Waals surface area contributed by atoms with Gasteiger partial charge in [-0.25, -0.2) is 9.37 Å². The molecule has 2 aromatic rings. The fraction of sp³-hybridized carbons (Fsp3) is 0.389. The summed E-state index contributed by atoms with van der Waals surface area (Å²) in [4.78, 5) is 8.36. The molecule has 0 amide bonds. The number of ether oxygens (including phenoxy) is 1. The highest BCUT2D eigenvalue weighted by Gasteiger charge is 2.36. The van der Waals surface area contributed by atoms with Crippen LogP contribution >= 0.6 is 11.6 Å². The minimum absolute atomic E-state index is 0.266. The van der Waals surface area contributed by atoms with Gasteiger partial charge in [-0.2, -0.15) is 0 Å². The lowest BCUT2D eigenvalue weighted by Crippen LogP contribution is -2.34. The van der Waals surface area contributed by atoms with Crippen molar-refractivity contribution < 1.29 is 9.13 Å². The molecule has 0 bridgehead atoms. The zero-order valence-corrected chi connectivity index (χ0v) is 14.8. The molecule has 1 fully saturated rings. The van der Waals surface area contributed by atoms with Crippen LogP contribution in [0.4, 0.5) is 10.2 Å². The van der Waals surface area contributed by atoms with E-state index in [0.717, 1.165) is 12.3 Å². The van der Waals surface area contributed by atoms with E-state index in [-0.39, 0.29) is 17.8 Å². The number of pyridine rings is 1. The molecule has 0 unspecified atom stereocenters. The molecule has 2 atom stereocenters. The van der Waals surface area contributed by atoms with E-state index < -0.39 is 0 Å². The van der Waals surface area contributed by atoms with Crippen LogP contribution in [0.15, 0.2) is 36.5 Å². The van der Waals surface area contributed by atoms with Crippen molar-refractivity contribution in [3.05, 3.63) is 52.9 Å². The van der Waals surface area contributed by atoms with Gasteiger partial charge in [-0.15, -0.1) is 0 Å². The maximum Gasteiger partial charge on any atom is 0.167 e. The Bertz CT molecular complexity index is 708. The van der Waals surface area contributed by atoms with E-state index in [2.05, 4.69) is 36.1 Å². The van der Waals surface area contributed by atoms with Crippen molar-refractivity contribution in [1.82, 2.24) is 9.88 Å². The van der Waals surface area contributed by atoms with Crippen molar-refractivity contribution in [1.29, 1.82) is 0 Å². The van der Waals surface area contributed by atoms with E-state index in [0.29, 0.717) is 17.4 Å². The first-order valence-corrected chi connectivity index (χ1v) is 8.23. The number of anilines is 1. The number of hydrogen-bond donors (Lipinski definition) is 0. The minimum Gasteiger partial charge on any atom is -0.497 e. The van der Waals surface area contributed by atoms with Gasteiger partial charge in [-0.05, 0) is 37.9 Å². The molecule has 0 aliphatic carbocycles. The molecule has 0 spiro atoms. The fourth-order valence-electron chi connectivity index (χ4n) is 3.30. The number of likely N-dealkylation sites (N-methyl/N-ethyl adjacent to an activating group) is 1. The van der Waals surface area contributed by atoms with Crippen molar-refractivity contribution in [3.8, 4) is 5.75 Å². The number of hydrogen-bond acceptors (Lipinski definition) is 4. The SMILES string of the molecule is COc1ccc([C@@H]2CN(c3ncc(Cl)cc3F)C[C@H]2N(C)C)cc1. The molecule has 24 heavy (non-hydrogen) atoms. The summed E-state index contributed by atoms with van der Waals surface area (Å²) in [6.45, 7) is 1.43. The van der Waals surface area contributed by atoms with Gasteiger partial charge in [0.05, 0.1) is 12.1 Å². The molecule has 4 nitrogen and oxygen atoms in total. The molecule has 6 heteroatoms. The second-order valence-electron chi connectivity index (χ2n) is 6.27. The van der Waals surface area contributed by atoms with Gasteiger partial charge in [0.25, 0.3) is 0 Å². The molecule has 2 heterocycles. The Balaban J connectivity index is 1.88. The Hall–Kier alpha value is -1.85. The molecule has 1 aromatic carbocycles. The predicted molar refractivity (Wildman–Crippen MR) is 94.6 cm³/mol. The van der Waals surface area contributed by atoms with Crippen molar-refractivity contribution >= 4 is 17.4 Å². The van der Waals surface area contributed by atoms with Gasteiger partial charge in [0.15, 0.2) is 11.6 Å². The lowest BCUT2D eigenvalue weighted by Gasteiger charge is -2.25. The molecule has 0 N–H and O–H groups in total. The van der Waals surface area contributed by atoms with Crippen LogP contribution < -0.4 is 9.64 Å². The van der Waals surface area contributed by atoms with E-state index in [1.165, 1.54) is 17.8 Å². The topological polar surface area (TPSA) is 28.6 Å². The molecule has 1 aliphatic heterocycles. The predicted octanol–water partition coefficient (Wildman–Crippen LogP) is 3.42. The maximum absolute atomic E-state index is 14.2. The Morgan fingerprint density at radius 2 is 1.96 bits per heavy atom. The quantitative estimate of drug-likeness (QED) is 0.845. The molecule has 1 saturated heterocycles. The monoisotopic (exact) mass is 349 g/mol. The third kappa shape index (κ3) is 3.32. The molecular formula is C18H21ClFN3O. The number of rotatable bonds is 4. The third-order valence-corrected chi connectivity index (χ3v) is 4.79. The first-order chi connectivity index (χ1) is 11.5. The van der Waals surface area contributed by atoms with Crippen LogP contribution in [0.25, 0.3) is 0 Å². The third-order valence-electron chi connectivity index (χ3n) is 4.58. The summed E-state index contributed by atoms with van der Waals surface area (Å²) >= 11 is 5.81. The summed E-state index contributed by atoms with van der Waals surface area (Å²) in [7, 11) is 5.76. The minimum atomic E-state index is -0.379. The second-order valence-corrected chi connectivity index (χ2v) is 6.71. The van der Waals surface area contributed by atoms with Crippen molar-refractivity contribution in [3.63, 3.8) is 0 Å². The van der Waals surface area contributed by atoms with Crippen LogP contribution in [0, 0.1) is 5.82 Å². The van der Waals surface area contributed by atoms with Gasteiger partial charge < -0.3 is 14.5 Å². The van der Waals surface area contributed by atoms with Crippen LogP contribution in [0.5, 0.6) is 5.75 Å². The molecule has 128 valence electrons. The van der Waals surface area contributed by atoms with Crippen LogP contribution in [0.3, 0.4) is 0 Å². The largest absolute Gasteiger partial charge is 0.497 e. The van der Waals surface area contributed by atoms with Crippen molar-refractivity contribution in [2.75, 3.05) is 39.2 Å². The Morgan fingerprint density at radius 3 is 2.54 bits per heavy atom. The van der Waals surface area contributed by atoms with Crippen molar-refractivity contribution in [2.24, 2.45) is 0 Å². The van der Waals surface area contributed by atoms with Gasteiger partial charge >= 0.3 is 0 Å². The maximum atomic E-state index is 14.2. The molecule has 3 rings (SSSR count). The average molecular weight is 350 g/mol. The van der Waals surface area contributed by atoms with Crippen LogP contribution in [-0.4, -0.2) is 50.2 Å². The summed E-state index contributed by atoms with van der Waals surface area (Å²) in [5, 5.41) is 0.311. The average Bonchev–Trinajstić information content (AvgIpc) is 3.00. The van der Waals surface area contributed by atoms with E-state index in [9.17, 15) is 4.39 Å². The highest BCUT2D eigenvalue weighted by Crippen LogP contribution is 2.34. The van der Waals surface area contributed by atoms with Crippen LogP contribution in [-0.2, 0) is 0 Å². The smallest absolute Gasteiger partial charge is 0.167 e. The number of halogens is 2. The second kappa shape index (κ2) is 6.95. The van der Waals surface area contributed by atoms with Gasteiger partial charge in [-0.1, -0.05) is 23.7 Å². The van der Waals surface area contributed by atoms with Gasteiger partial charge in [0.2, 0.25) is 0 Å². The summed E-state index contributed by atoms with van der Waals surface area (Å²) in [5.74, 6) is 1.08. The zero-order valence-electron chi connectivity index (χ0n) is 14.0. The Labute approximate surface area is 146 Å². The highest BCUT2D eigenvalue weighted by molar-refractivity contribution is 6.30. The van der Waals surface area contributed by atoms with Crippen LogP contribution in [0.1, 0.15) is 11.5 Å². The van der Waals surface area contributed by atoms with E-state index in [1.807, 2.05) is 17.0 Å². The van der Waals surface area contributed by atoms with Crippen molar-refractivity contribution in [2.45, 2.75) is 12.0 Å². The molecule has 1 aliphatic rings. The Kier molecular flexibility index (Phi) is 4.92. The van der Waals surface area contributed by atoms with Gasteiger partial charge in [0.1, 0.15) is 5.75 Å². The standard InChI is InChI=1S/C18H21ClFN3O/c1-22(2)17-11-23(18-16(20)8-13(19)9-21-18)10-15(17)12-4-6-14(24-3)7-5-12/h4-9,15,17H,10-11H2,1-3H3/t15-,17+/m0/s1. The van der Waals surface area contributed by atoms with Gasteiger partial charge in [-0.3, -0.25) is 0 Å². The first kappa shape index (κ1) is 17.0. The molecular weight excluding hydrogens is 329 g/mol. The zero-order chi connectivity index (χ0) is 17.3. The molecule has 0 saturated carbocycles. The highest BCUT2D eigenvalue weighted by atomic mass is 35.5. The first-order valence-electron chi connectivity index (χ1n) is 7.86. The Morgan fingerprint density at radius 1 is 1.25 bits per heavy atom. The molecule has 1 aromatic heterocycles. The number of aromatic nitrogens is 1. The molecule has 0 radical (unpaired) electrons. The lowest BCUT2D eigenvalue weighted by atomic mass is 9.93. The van der Waals surface area contributed by atoms with E-state index in [1.54, 1.807) is 7.11 Å². The summed E-state index contributed by atoms with van der Waals surface area (Å²) < 4.78 is 19.5. The summed E-state index contributed by atoms with van der Waals surface area (Å²) in [5.41, 5.74) is 1.21. The van der Waals surface area contributed by atoms with E-state index in [4.69, 9.17) is 16.3 Å². The summed E-state index contributed by atoms with van der Waals surface area (Å²) in [6.07, 6.45) is 1.49. The number of methoxy groups -OCH3 is 1. The number of nitrogens with zero attached hydrogens (tertiary/aromatic N) is 3. The van der Waals surface area contributed by atoms with E-state index >= 15 is 0 Å². The normalized spacial score (nSPS) is 20.7. The van der Waals surface area contributed by atoms with Gasteiger partial charge in [0, 0.05) is 31.2 Å². The van der Waals surface area contributed by atoms with Crippen LogP contribution in [0.2, 0.25) is 5.02 Å².